The molecule has 2 aliphatic rings. The third kappa shape index (κ3) is 5.21. The number of hydrogen-bond donors (Lipinski definition) is 0. The summed E-state index contributed by atoms with van der Waals surface area (Å²) >= 11 is 8.45. The molecule has 0 radical (unpaired) electrons. The molecular formula is C23H26ClN3O5S3. The highest BCUT2D eigenvalue weighted by Crippen LogP contribution is 2.35. The molecule has 0 aliphatic carbocycles. The van der Waals surface area contributed by atoms with Gasteiger partial charge in [0.15, 0.2) is 5.13 Å². The molecule has 12 heteroatoms. The quantitative estimate of drug-likeness (QED) is 0.422. The van der Waals surface area contributed by atoms with Crippen molar-refractivity contribution in [1.82, 2.24) is 9.29 Å². The number of sulfonamides is 1. The topological polar surface area (TPSA) is 89.0 Å². The molecule has 1 unspecified atom stereocenters. The highest BCUT2D eigenvalue weighted by Gasteiger charge is 2.36. The molecule has 0 spiro atoms. The number of thiophene rings is 1. The Bertz CT molecular complexity index is 1310. The number of hydrogen-bond acceptors (Lipinski definition) is 8. The lowest BCUT2D eigenvalue weighted by atomic mass is 9.96. The van der Waals surface area contributed by atoms with Crippen LogP contribution >= 0.6 is 34.3 Å². The van der Waals surface area contributed by atoms with Crippen molar-refractivity contribution in [3.8, 4) is 5.75 Å². The smallest absolute Gasteiger partial charge is 0.252 e. The van der Waals surface area contributed by atoms with Crippen LogP contribution in [0.5, 0.6) is 5.75 Å². The number of ether oxygens (including phenoxy) is 2. The molecule has 8 nitrogen and oxygen atoms in total. The van der Waals surface area contributed by atoms with Crippen molar-refractivity contribution < 1.29 is 22.7 Å². The lowest BCUT2D eigenvalue weighted by molar-refractivity contribution is -0.123. The summed E-state index contributed by atoms with van der Waals surface area (Å²) in [6.07, 6.45) is 2.77. The summed E-state index contributed by atoms with van der Waals surface area (Å²) in [6.45, 7) is 1.73. The van der Waals surface area contributed by atoms with Gasteiger partial charge in [-0.15, -0.1) is 11.3 Å². The van der Waals surface area contributed by atoms with Gasteiger partial charge in [0.25, 0.3) is 10.0 Å². The van der Waals surface area contributed by atoms with Gasteiger partial charge in [-0.25, -0.2) is 13.4 Å². The van der Waals surface area contributed by atoms with Gasteiger partial charge in [0.1, 0.15) is 9.96 Å². The molecule has 3 aromatic rings. The average Bonchev–Trinajstić information content (AvgIpc) is 3.62. The number of halogens is 1. The number of thiazole rings is 1. The Morgan fingerprint density at radius 2 is 2.03 bits per heavy atom. The minimum absolute atomic E-state index is 0.0236. The number of methoxy groups -OCH3 is 1. The molecule has 188 valence electrons. The fraction of sp³-hybridized carbons (Fsp3) is 0.478. The van der Waals surface area contributed by atoms with Gasteiger partial charge in [0, 0.05) is 25.6 Å². The van der Waals surface area contributed by atoms with Crippen LogP contribution in [0.1, 0.15) is 25.7 Å². The Balaban J connectivity index is 1.34. The molecule has 5 rings (SSSR count). The standard InChI is InChI=1S/C23H26ClN3O5S3/c1-31-16-4-5-18-19(13-16)33-23(25-18)27(14-17-3-2-12-32-17)22(28)15-8-10-26(11-9-15)35(29,30)21-7-6-20(24)34-21/h4-7,13,15,17H,2-3,8-12,14H2,1H3. The van der Waals surface area contributed by atoms with Gasteiger partial charge in [-0.1, -0.05) is 22.9 Å². The zero-order valence-corrected chi connectivity index (χ0v) is 22.4. The maximum Gasteiger partial charge on any atom is 0.252 e. The minimum atomic E-state index is -3.60. The third-order valence-electron chi connectivity index (χ3n) is 6.44. The monoisotopic (exact) mass is 555 g/mol. The van der Waals surface area contributed by atoms with Crippen molar-refractivity contribution in [1.29, 1.82) is 0 Å². The second-order valence-corrected chi connectivity index (χ2v) is 13.5. The van der Waals surface area contributed by atoms with Gasteiger partial charge < -0.3 is 9.47 Å². The maximum absolute atomic E-state index is 13.7. The van der Waals surface area contributed by atoms with Crippen molar-refractivity contribution in [2.45, 2.75) is 36.0 Å². The Kier molecular flexibility index (Phi) is 7.34. The number of amides is 1. The number of fused-ring (bicyclic) bond motifs is 1. The van der Waals surface area contributed by atoms with Crippen LogP contribution in [-0.2, 0) is 19.6 Å². The van der Waals surface area contributed by atoms with E-state index in [4.69, 9.17) is 26.1 Å². The summed E-state index contributed by atoms with van der Waals surface area (Å²) < 4.78 is 40.2. The van der Waals surface area contributed by atoms with Gasteiger partial charge in [-0.05, 0) is 56.0 Å². The van der Waals surface area contributed by atoms with Crippen molar-refractivity contribution in [2.24, 2.45) is 5.92 Å². The molecule has 2 aromatic heterocycles. The zero-order valence-electron chi connectivity index (χ0n) is 19.2. The van der Waals surface area contributed by atoms with E-state index in [0.29, 0.717) is 48.6 Å². The summed E-state index contributed by atoms with van der Waals surface area (Å²) in [7, 11) is -1.98. The van der Waals surface area contributed by atoms with Crippen molar-refractivity contribution in [3.63, 3.8) is 0 Å². The van der Waals surface area contributed by atoms with Gasteiger partial charge >= 0.3 is 0 Å². The zero-order chi connectivity index (χ0) is 24.6. The summed E-state index contributed by atoms with van der Waals surface area (Å²) in [6, 6.07) is 8.79. The minimum Gasteiger partial charge on any atom is -0.497 e. The Hall–Kier alpha value is -1.76. The van der Waals surface area contributed by atoms with Crippen LogP contribution < -0.4 is 9.64 Å². The van der Waals surface area contributed by atoms with Gasteiger partial charge in [-0.2, -0.15) is 4.31 Å². The fourth-order valence-corrected chi connectivity index (χ4v) is 8.63. The van der Waals surface area contributed by atoms with Crippen LogP contribution in [0.15, 0.2) is 34.5 Å². The van der Waals surface area contributed by atoms with E-state index in [1.54, 1.807) is 18.1 Å². The van der Waals surface area contributed by atoms with E-state index < -0.39 is 10.0 Å². The molecule has 1 atom stereocenters. The van der Waals surface area contributed by atoms with Crippen LogP contribution in [0, 0.1) is 5.92 Å². The SMILES string of the molecule is COc1ccc2nc(N(CC3CCCO3)C(=O)C3CCN(S(=O)(=O)c4ccc(Cl)s4)CC3)sc2c1. The summed E-state index contributed by atoms with van der Waals surface area (Å²) in [5.74, 6) is 0.435. The lowest BCUT2D eigenvalue weighted by Crippen LogP contribution is -2.46. The van der Waals surface area contributed by atoms with Gasteiger partial charge in [-0.3, -0.25) is 9.69 Å². The van der Waals surface area contributed by atoms with Crippen molar-refractivity contribution in [3.05, 3.63) is 34.7 Å². The van der Waals surface area contributed by atoms with Crippen LogP contribution in [0.3, 0.4) is 0 Å². The third-order valence-corrected chi connectivity index (χ3v) is 11.1. The number of benzene rings is 1. The first-order valence-corrected chi connectivity index (χ1v) is 14.9. The van der Waals surface area contributed by atoms with Crippen LogP contribution in [0.4, 0.5) is 5.13 Å². The molecule has 4 heterocycles. The summed E-state index contributed by atoms with van der Waals surface area (Å²) in [4.78, 5) is 20.2. The molecule has 35 heavy (non-hydrogen) atoms. The normalized spacial score (nSPS) is 19.9. The van der Waals surface area contributed by atoms with Crippen molar-refractivity contribution >= 4 is 65.6 Å². The van der Waals surface area contributed by atoms with Crippen molar-refractivity contribution in [2.75, 3.05) is 38.3 Å². The largest absolute Gasteiger partial charge is 0.497 e. The molecule has 1 aromatic carbocycles. The summed E-state index contributed by atoms with van der Waals surface area (Å²) in [5, 5.41) is 0.636. The predicted octanol–water partition coefficient (Wildman–Crippen LogP) is 4.63. The lowest BCUT2D eigenvalue weighted by Gasteiger charge is -2.33. The van der Waals surface area contributed by atoms with E-state index in [9.17, 15) is 13.2 Å². The molecule has 1 amide bonds. The van der Waals surface area contributed by atoms with E-state index in [0.717, 1.165) is 40.1 Å². The van der Waals surface area contributed by atoms with Crippen LogP contribution in [-0.4, -0.2) is 63.1 Å². The number of carbonyl (C=O) groups excluding carboxylic acids is 1. The highest BCUT2D eigenvalue weighted by atomic mass is 35.5. The van der Waals surface area contributed by atoms with Gasteiger partial charge in [0.2, 0.25) is 5.91 Å². The molecule has 0 N–H and O–H groups in total. The Labute approximate surface area is 217 Å². The fourth-order valence-electron chi connectivity index (χ4n) is 4.52. The van der Waals surface area contributed by atoms with E-state index in [1.165, 1.54) is 21.7 Å². The molecule has 2 aliphatic heterocycles. The Morgan fingerprint density at radius 3 is 2.69 bits per heavy atom. The maximum atomic E-state index is 13.7. The number of carbonyl (C=O) groups is 1. The molecule has 0 bridgehead atoms. The van der Waals surface area contributed by atoms with E-state index in [2.05, 4.69) is 0 Å². The van der Waals surface area contributed by atoms with E-state index in [1.807, 2.05) is 18.2 Å². The Morgan fingerprint density at radius 1 is 1.23 bits per heavy atom. The number of rotatable bonds is 7. The predicted molar refractivity (Wildman–Crippen MR) is 138 cm³/mol. The van der Waals surface area contributed by atoms with Crippen LogP contribution in [0.25, 0.3) is 10.2 Å². The number of anilines is 1. The first-order valence-electron chi connectivity index (χ1n) is 11.5. The van der Waals surface area contributed by atoms with E-state index in [-0.39, 0.29) is 22.1 Å². The first-order chi connectivity index (χ1) is 16.8. The summed E-state index contributed by atoms with van der Waals surface area (Å²) in [5.41, 5.74) is 0.812. The second kappa shape index (κ2) is 10.3. The molecule has 2 saturated heterocycles. The highest BCUT2D eigenvalue weighted by molar-refractivity contribution is 7.91. The molecular weight excluding hydrogens is 530 g/mol. The van der Waals surface area contributed by atoms with E-state index >= 15 is 0 Å². The number of nitrogens with zero attached hydrogens (tertiary/aromatic N) is 3. The second-order valence-electron chi connectivity index (χ2n) is 8.65. The molecule has 0 saturated carbocycles. The number of aromatic nitrogens is 1. The van der Waals surface area contributed by atoms with Crippen LogP contribution in [0.2, 0.25) is 4.34 Å². The molecule has 2 fully saturated rings. The average molecular weight is 556 g/mol. The number of piperidine rings is 1. The van der Waals surface area contributed by atoms with Gasteiger partial charge in [0.05, 0.1) is 34.3 Å². The first kappa shape index (κ1) is 24.9.